The summed E-state index contributed by atoms with van der Waals surface area (Å²) in [5.74, 6) is 3.22. The second kappa shape index (κ2) is 13.0. The van der Waals surface area contributed by atoms with E-state index in [0.717, 1.165) is 36.2 Å². The number of tetrazole rings is 1. The molecule has 0 radical (unpaired) electrons. The van der Waals surface area contributed by atoms with Crippen LogP contribution < -0.4 is 24.5 Å². The van der Waals surface area contributed by atoms with Gasteiger partial charge in [0.2, 0.25) is 0 Å². The van der Waals surface area contributed by atoms with Crippen molar-refractivity contribution in [1.82, 2.24) is 30.1 Å². The van der Waals surface area contributed by atoms with E-state index in [0.29, 0.717) is 66.7 Å². The van der Waals surface area contributed by atoms with Gasteiger partial charge in [-0.25, -0.2) is 4.68 Å². The predicted molar refractivity (Wildman–Crippen MR) is 152 cm³/mol. The molecule has 0 aliphatic carbocycles. The van der Waals surface area contributed by atoms with E-state index >= 15 is 0 Å². The number of ether oxygens (including phenoxy) is 5. The van der Waals surface area contributed by atoms with Gasteiger partial charge < -0.3 is 28.7 Å². The Morgan fingerprint density at radius 3 is 2.46 bits per heavy atom. The number of aromatic nitrogens is 5. The molecule has 218 valence electrons. The Labute approximate surface area is 238 Å². The van der Waals surface area contributed by atoms with Gasteiger partial charge in [0.05, 0.1) is 53.1 Å². The van der Waals surface area contributed by atoms with E-state index in [9.17, 15) is 4.79 Å². The zero-order valence-corrected chi connectivity index (χ0v) is 23.9. The Bertz CT molecular complexity index is 1530. The van der Waals surface area contributed by atoms with Crippen LogP contribution in [0.25, 0.3) is 10.9 Å². The zero-order valence-electron chi connectivity index (χ0n) is 23.9. The summed E-state index contributed by atoms with van der Waals surface area (Å²) in [4.78, 5) is 18.4. The number of nitrogens with one attached hydrogen (secondary N) is 1. The first-order chi connectivity index (χ1) is 20.0. The largest absolute Gasteiger partial charge is 0.493 e. The Morgan fingerprint density at radius 2 is 1.73 bits per heavy atom. The van der Waals surface area contributed by atoms with E-state index in [2.05, 4.69) is 25.4 Å². The van der Waals surface area contributed by atoms with Crippen LogP contribution in [0.2, 0.25) is 0 Å². The monoisotopic (exact) mass is 564 g/mol. The minimum absolute atomic E-state index is 0.104. The van der Waals surface area contributed by atoms with Crippen LogP contribution in [0, 0.1) is 0 Å². The molecule has 0 saturated carbocycles. The summed E-state index contributed by atoms with van der Waals surface area (Å²) in [6, 6.07) is 11.4. The van der Waals surface area contributed by atoms with Gasteiger partial charge in [-0.15, -0.1) is 5.10 Å². The molecule has 4 aromatic rings. The summed E-state index contributed by atoms with van der Waals surface area (Å²) in [5, 5.41) is 13.3. The normalized spacial score (nSPS) is 15.0. The summed E-state index contributed by atoms with van der Waals surface area (Å²) < 4.78 is 29.4. The van der Waals surface area contributed by atoms with Gasteiger partial charge in [-0.1, -0.05) is 6.07 Å². The number of aromatic amines is 1. The molecule has 1 unspecified atom stereocenters. The van der Waals surface area contributed by atoms with Gasteiger partial charge in [0, 0.05) is 36.7 Å². The van der Waals surface area contributed by atoms with Crippen molar-refractivity contribution in [3.63, 3.8) is 0 Å². The first-order valence-electron chi connectivity index (χ1n) is 13.6. The van der Waals surface area contributed by atoms with Gasteiger partial charge >= 0.3 is 0 Å². The average molecular weight is 565 g/mol. The molecule has 2 aromatic heterocycles. The zero-order chi connectivity index (χ0) is 28.8. The quantitative estimate of drug-likeness (QED) is 0.259. The van der Waals surface area contributed by atoms with Crippen LogP contribution in [0.5, 0.6) is 23.0 Å². The highest BCUT2D eigenvalue weighted by molar-refractivity contribution is 5.83. The Hall–Kier alpha value is -4.16. The molecule has 1 aliphatic heterocycles. The highest BCUT2D eigenvalue weighted by atomic mass is 16.5. The fourth-order valence-electron chi connectivity index (χ4n) is 5.13. The number of H-pyrrole nitrogens is 1. The molecule has 41 heavy (non-hydrogen) atoms. The van der Waals surface area contributed by atoms with Gasteiger partial charge in [0.25, 0.3) is 5.56 Å². The molecular formula is C29H36N6O6. The van der Waals surface area contributed by atoms with Crippen LogP contribution in [0.3, 0.4) is 0 Å². The maximum atomic E-state index is 13.2. The number of benzene rings is 2. The van der Waals surface area contributed by atoms with E-state index < -0.39 is 0 Å². The standard InChI is InChI=1S/C29H36N6O6/c1-37-24-8-7-19(12-25(24)38-2)9-10-34(18-28-31-32-33-35(28)17-22-6-5-11-41-22)16-21-13-20-14-26(39-3)27(40-4)15-23(20)30-29(21)36/h7-8,12-15,22H,5-6,9-11,16-18H2,1-4H3,(H,30,36). The van der Waals surface area contributed by atoms with E-state index in [1.165, 1.54) is 0 Å². The number of fused-ring (bicyclic) bond motifs is 1. The summed E-state index contributed by atoms with van der Waals surface area (Å²) in [7, 11) is 6.40. The van der Waals surface area contributed by atoms with Crippen LogP contribution in [0.1, 0.15) is 29.8 Å². The molecule has 1 atom stereocenters. The highest BCUT2D eigenvalue weighted by Gasteiger charge is 2.21. The molecule has 3 heterocycles. The maximum absolute atomic E-state index is 13.2. The lowest BCUT2D eigenvalue weighted by Crippen LogP contribution is -2.30. The third-order valence-electron chi connectivity index (χ3n) is 7.36. The number of methoxy groups -OCH3 is 4. The van der Waals surface area contributed by atoms with Crippen molar-refractivity contribution < 1.29 is 23.7 Å². The number of hydrogen-bond donors (Lipinski definition) is 1. The van der Waals surface area contributed by atoms with Crippen molar-refractivity contribution in [2.24, 2.45) is 0 Å². The van der Waals surface area contributed by atoms with Gasteiger partial charge in [0.15, 0.2) is 28.8 Å². The average Bonchev–Trinajstić information content (AvgIpc) is 3.67. The van der Waals surface area contributed by atoms with E-state index in [1.54, 1.807) is 39.2 Å². The van der Waals surface area contributed by atoms with Crippen molar-refractivity contribution in [1.29, 1.82) is 0 Å². The van der Waals surface area contributed by atoms with Crippen molar-refractivity contribution in [2.45, 2.75) is 45.0 Å². The summed E-state index contributed by atoms with van der Waals surface area (Å²) in [6.45, 7) is 2.85. The summed E-state index contributed by atoms with van der Waals surface area (Å²) >= 11 is 0. The maximum Gasteiger partial charge on any atom is 0.252 e. The number of rotatable bonds is 13. The molecule has 5 rings (SSSR count). The fourth-order valence-corrected chi connectivity index (χ4v) is 5.13. The van der Waals surface area contributed by atoms with Crippen LogP contribution in [0.15, 0.2) is 41.2 Å². The van der Waals surface area contributed by atoms with Crippen LogP contribution in [0.4, 0.5) is 0 Å². The summed E-state index contributed by atoms with van der Waals surface area (Å²) in [6.07, 6.45) is 2.85. The van der Waals surface area contributed by atoms with Gasteiger partial charge in [0.1, 0.15) is 0 Å². The van der Waals surface area contributed by atoms with E-state index in [1.807, 2.05) is 30.3 Å². The molecule has 1 saturated heterocycles. The molecule has 0 spiro atoms. The fraction of sp³-hybridized carbons (Fsp3) is 0.448. The number of pyridine rings is 1. The molecular weight excluding hydrogens is 528 g/mol. The van der Waals surface area contributed by atoms with Gasteiger partial charge in [-0.3, -0.25) is 9.69 Å². The first kappa shape index (κ1) is 28.4. The van der Waals surface area contributed by atoms with E-state index in [-0.39, 0.29) is 11.7 Å². The van der Waals surface area contributed by atoms with Crippen molar-refractivity contribution in [3.8, 4) is 23.0 Å². The second-order valence-corrected chi connectivity index (χ2v) is 9.98. The molecule has 12 heteroatoms. The van der Waals surface area contributed by atoms with Crippen LogP contribution >= 0.6 is 0 Å². The van der Waals surface area contributed by atoms with E-state index in [4.69, 9.17) is 23.7 Å². The van der Waals surface area contributed by atoms with Crippen LogP contribution in [-0.4, -0.2) is 77.8 Å². The third-order valence-corrected chi connectivity index (χ3v) is 7.36. The minimum atomic E-state index is -0.167. The minimum Gasteiger partial charge on any atom is -0.493 e. The van der Waals surface area contributed by atoms with Crippen molar-refractivity contribution >= 4 is 10.9 Å². The summed E-state index contributed by atoms with van der Waals surface area (Å²) in [5.41, 5.74) is 2.21. The predicted octanol–water partition coefficient (Wildman–Crippen LogP) is 2.97. The highest BCUT2D eigenvalue weighted by Crippen LogP contribution is 2.31. The molecule has 0 bridgehead atoms. The third kappa shape index (κ3) is 6.60. The Morgan fingerprint density at radius 1 is 0.976 bits per heavy atom. The lowest BCUT2D eigenvalue weighted by atomic mass is 10.1. The second-order valence-electron chi connectivity index (χ2n) is 9.98. The van der Waals surface area contributed by atoms with Crippen LogP contribution in [-0.2, 0) is 30.8 Å². The smallest absolute Gasteiger partial charge is 0.252 e. The molecule has 1 aliphatic rings. The van der Waals surface area contributed by atoms with Gasteiger partial charge in [-0.05, 0) is 59.5 Å². The molecule has 12 nitrogen and oxygen atoms in total. The van der Waals surface area contributed by atoms with Crippen molar-refractivity contribution in [2.75, 3.05) is 41.6 Å². The molecule has 1 N–H and O–H groups in total. The SMILES string of the molecule is COc1ccc(CCN(Cc2cc3cc(OC)c(OC)cc3[nH]c2=O)Cc2nnnn2CC2CCCO2)cc1OC. The Kier molecular flexibility index (Phi) is 9.00. The Balaban J connectivity index is 1.42. The molecule has 2 aromatic carbocycles. The van der Waals surface area contributed by atoms with Gasteiger partial charge in [-0.2, -0.15) is 0 Å². The first-order valence-corrected chi connectivity index (χ1v) is 13.6. The lowest BCUT2D eigenvalue weighted by molar-refractivity contribution is 0.0916. The van der Waals surface area contributed by atoms with Crippen molar-refractivity contribution in [3.05, 3.63) is 63.7 Å². The number of hydrogen-bond acceptors (Lipinski definition) is 10. The lowest BCUT2D eigenvalue weighted by Gasteiger charge is -2.22. The molecule has 0 amide bonds. The molecule has 1 fully saturated rings. The number of nitrogens with zero attached hydrogens (tertiary/aromatic N) is 5. The topological polar surface area (TPSA) is 126 Å².